The smallest absolute Gasteiger partial charge is 0.269 e. The monoisotopic (exact) mass is 357 g/mol. The lowest BCUT2D eigenvalue weighted by molar-refractivity contribution is -0.384. The van der Waals surface area contributed by atoms with Gasteiger partial charge in [-0.1, -0.05) is 25.5 Å². The Morgan fingerprint density at radius 1 is 1.15 bits per heavy atom. The quantitative estimate of drug-likeness (QED) is 0.470. The topological polar surface area (TPSA) is 66.7 Å². The standard InChI is InChI=1S/C20H27N3O3/c1-14(2)13-17-18(20(17,3)4)19(24)22-11-9-21(10-12-22)15-5-7-16(8-6-15)23(25)26/h5-8,13,17-18H,9-12H2,1-4H3. The number of non-ortho nitro benzene ring substituents is 1. The van der Waals surface area contributed by atoms with E-state index in [0.717, 1.165) is 18.8 Å². The van der Waals surface area contributed by atoms with Gasteiger partial charge >= 0.3 is 0 Å². The second-order valence-corrected chi connectivity index (χ2v) is 8.15. The van der Waals surface area contributed by atoms with Crippen LogP contribution in [-0.2, 0) is 4.79 Å². The predicted molar refractivity (Wildman–Crippen MR) is 102 cm³/mol. The van der Waals surface area contributed by atoms with Crippen molar-refractivity contribution in [2.45, 2.75) is 27.7 Å². The fourth-order valence-electron chi connectivity index (χ4n) is 3.99. The average Bonchev–Trinajstić information content (AvgIpc) is 3.13. The van der Waals surface area contributed by atoms with Crippen LogP contribution in [0.2, 0.25) is 0 Å². The molecule has 26 heavy (non-hydrogen) atoms. The maximum atomic E-state index is 12.9. The number of rotatable bonds is 4. The van der Waals surface area contributed by atoms with Crippen molar-refractivity contribution in [3.63, 3.8) is 0 Å². The SMILES string of the molecule is CC(C)=CC1C(C(=O)N2CCN(c3ccc([N+](=O)[O-])cc3)CC2)C1(C)C. The molecule has 1 aliphatic carbocycles. The third-order valence-electron chi connectivity index (χ3n) is 5.71. The molecule has 140 valence electrons. The summed E-state index contributed by atoms with van der Waals surface area (Å²) in [6.07, 6.45) is 2.23. The lowest BCUT2D eigenvalue weighted by Crippen LogP contribution is -2.49. The molecule has 1 amide bonds. The van der Waals surface area contributed by atoms with E-state index in [0.29, 0.717) is 19.0 Å². The zero-order chi connectivity index (χ0) is 19.1. The zero-order valence-corrected chi connectivity index (χ0v) is 15.9. The number of hydrogen-bond acceptors (Lipinski definition) is 4. The highest BCUT2D eigenvalue weighted by Gasteiger charge is 2.61. The molecule has 6 heteroatoms. The second kappa shape index (κ2) is 6.74. The molecule has 1 heterocycles. The summed E-state index contributed by atoms with van der Waals surface area (Å²) in [7, 11) is 0. The van der Waals surface area contributed by atoms with E-state index in [1.165, 1.54) is 17.7 Å². The molecular weight excluding hydrogens is 330 g/mol. The number of benzene rings is 1. The number of hydrogen-bond donors (Lipinski definition) is 0. The van der Waals surface area contributed by atoms with Crippen molar-refractivity contribution in [2.75, 3.05) is 31.1 Å². The van der Waals surface area contributed by atoms with E-state index in [1.54, 1.807) is 12.1 Å². The number of amides is 1. The summed E-state index contributed by atoms with van der Waals surface area (Å²) in [5.41, 5.74) is 2.38. The molecule has 0 bridgehead atoms. The minimum absolute atomic E-state index is 0.0455. The molecule has 1 aliphatic heterocycles. The molecule has 1 aromatic carbocycles. The molecule has 6 nitrogen and oxygen atoms in total. The molecule has 0 radical (unpaired) electrons. The molecule has 2 aliphatic rings. The molecule has 2 unspecified atom stereocenters. The van der Waals surface area contributed by atoms with Crippen LogP contribution in [0.3, 0.4) is 0 Å². The third kappa shape index (κ3) is 3.45. The van der Waals surface area contributed by atoms with Gasteiger partial charge in [0.1, 0.15) is 0 Å². The molecule has 2 atom stereocenters. The van der Waals surface area contributed by atoms with Crippen molar-refractivity contribution in [2.24, 2.45) is 17.3 Å². The van der Waals surface area contributed by atoms with Crippen molar-refractivity contribution in [1.82, 2.24) is 4.90 Å². The largest absolute Gasteiger partial charge is 0.368 e. The molecular formula is C20H27N3O3. The minimum Gasteiger partial charge on any atom is -0.368 e. The lowest BCUT2D eigenvalue weighted by Gasteiger charge is -2.36. The molecule has 3 rings (SSSR count). The summed E-state index contributed by atoms with van der Waals surface area (Å²) in [4.78, 5) is 27.5. The summed E-state index contributed by atoms with van der Waals surface area (Å²) in [6, 6.07) is 6.63. The van der Waals surface area contributed by atoms with Crippen LogP contribution in [0, 0.1) is 27.4 Å². The first-order valence-electron chi connectivity index (χ1n) is 9.15. The highest BCUT2D eigenvalue weighted by atomic mass is 16.6. The van der Waals surface area contributed by atoms with Crippen LogP contribution < -0.4 is 4.90 Å². The molecule has 1 saturated heterocycles. The summed E-state index contributed by atoms with van der Waals surface area (Å²) >= 11 is 0. The summed E-state index contributed by atoms with van der Waals surface area (Å²) in [5.74, 6) is 0.692. The summed E-state index contributed by atoms with van der Waals surface area (Å²) in [6.45, 7) is 11.4. The van der Waals surface area contributed by atoms with Gasteiger partial charge in [0.15, 0.2) is 0 Å². The Morgan fingerprint density at radius 3 is 2.23 bits per heavy atom. The molecule has 0 aromatic heterocycles. The van der Waals surface area contributed by atoms with E-state index < -0.39 is 0 Å². The van der Waals surface area contributed by atoms with E-state index in [9.17, 15) is 14.9 Å². The number of allylic oxidation sites excluding steroid dienone is 2. The van der Waals surface area contributed by atoms with Crippen molar-refractivity contribution in [1.29, 1.82) is 0 Å². The van der Waals surface area contributed by atoms with Gasteiger partial charge in [0, 0.05) is 44.0 Å². The van der Waals surface area contributed by atoms with Crippen LogP contribution in [0.5, 0.6) is 0 Å². The van der Waals surface area contributed by atoms with Crippen LogP contribution in [0.4, 0.5) is 11.4 Å². The number of anilines is 1. The van der Waals surface area contributed by atoms with Gasteiger partial charge in [-0.15, -0.1) is 0 Å². The van der Waals surface area contributed by atoms with Crippen molar-refractivity contribution < 1.29 is 9.72 Å². The number of piperazine rings is 1. The minimum atomic E-state index is -0.388. The van der Waals surface area contributed by atoms with Crippen molar-refractivity contribution in [3.8, 4) is 0 Å². The van der Waals surface area contributed by atoms with Gasteiger partial charge in [-0.3, -0.25) is 14.9 Å². The lowest BCUT2D eigenvalue weighted by atomic mass is 10.1. The van der Waals surface area contributed by atoms with Gasteiger partial charge in [-0.2, -0.15) is 0 Å². The van der Waals surface area contributed by atoms with Crippen molar-refractivity contribution >= 4 is 17.3 Å². The Bertz CT molecular complexity index is 727. The Balaban J connectivity index is 1.59. The first kappa shape index (κ1) is 18.4. The van der Waals surface area contributed by atoms with Gasteiger partial charge in [0.05, 0.1) is 10.8 Å². The van der Waals surface area contributed by atoms with Gasteiger partial charge in [0.2, 0.25) is 5.91 Å². The highest BCUT2D eigenvalue weighted by Crippen LogP contribution is 2.60. The molecule has 1 saturated carbocycles. The van der Waals surface area contributed by atoms with E-state index >= 15 is 0 Å². The van der Waals surface area contributed by atoms with Crippen LogP contribution in [-0.4, -0.2) is 41.9 Å². The fourth-order valence-corrected chi connectivity index (χ4v) is 3.99. The summed E-state index contributed by atoms with van der Waals surface area (Å²) < 4.78 is 0. The van der Waals surface area contributed by atoms with Crippen LogP contribution in [0.15, 0.2) is 35.9 Å². The molecule has 1 aromatic rings. The average molecular weight is 357 g/mol. The Morgan fingerprint density at radius 2 is 1.73 bits per heavy atom. The maximum Gasteiger partial charge on any atom is 0.269 e. The first-order chi connectivity index (χ1) is 12.2. The van der Waals surface area contributed by atoms with Crippen molar-refractivity contribution in [3.05, 3.63) is 46.0 Å². The number of nitrogens with zero attached hydrogens (tertiary/aromatic N) is 3. The van der Waals surface area contributed by atoms with Crippen LogP contribution in [0.25, 0.3) is 0 Å². The Hall–Kier alpha value is -2.37. The number of carbonyl (C=O) groups is 1. The number of carbonyl (C=O) groups excluding carboxylic acids is 1. The van der Waals surface area contributed by atoms with E-state index in [2.05, 4.69) is 38.7 Å². The van der Waals surface area contributed by atoms with E-state index in [4.69, 9.17) is 0 Å². The predicted octanol–water partition coefficient (Wildman–Crippen LogP) is 3.48. The van der Waals surface area contributed by atoms with Gasteiger partial charge in [-0.05, 0) is 37.3 Å². The maximum absolute atomic E-state index is 12.9. The van der Waals surface area contributed by atoms with Crippen LogP contribution in [0.1, 0.15) is 27.7 Å². The van der Waals surface area contributed by atoms with Gasteiger partial charge in [-0.25, -0.2) is 0 Å². The highest BCUT2D eigenvalue weighted by molar-refractivity contribution is 5.84. The number of nitro groups is 1. The van der Waals surface area contributed by atoms with E-state index in [-0.39, 0.29) is 27.9 Å². The number of nitro benzene ring substituents is 1. The van der Waals surface area contributed by atoms with Crippen LogP contribution >= 0.6 is 0 Å². The first-order valence-corrected chi connectivity index (χ1v) is 9.15. The molecule has 0 spiro atoms. The Labute approximate surface area is 154 Å². The van der Waals surface area contributed by atoms with E-state index in [1.807, 2.05) is 4.90 Å². The summed E-state index contributed by atoms with van der Waals surface area (Å²) in [5, 5.41) is 10.8. The second-order valence-electron chi connectivity index (χ2n) is 8.15. The van der Waals surface area contributed by atoms with Gasteiger partial charge in [0.25, 0.3) is 5.69 Å². The molecule has 0 N–H and O–H groups in total. The zero-order valence-electron chi connectivity index (χ0n) is 15.9. The van der Waals surface area contributed by atoms with Gasteiger partial charge < -0.3 is 9.80 Å². The Kier molecular flexibility index (Phi) is 4.78. The fraction of sp³-hybridized carbons (Fsp3) is 0.550. The normalized spacial score (nSPS) is 24.2. The molecule has 2 fully saturated rings. The third-order valence-corrected chi connectivity index (χ3v) is 5.71.